The SMILES string of the molecule is COc1ccc2c(CC(=O)N3CC4(CN(Cc5ccccc5)CC4C(=O)Nc4ccc(C5C(=O)N(C)CCN5C)cc4)C3)c[nH]c2c1. The minimum atomic E-state index is -0.325. The van der Waals surface area contributed by atoms with Gasteiger partial charge in [0.15, 0.2) is 0 Å². The van der Waals surface area contributed by atoms with Crippen molar-refractivity contribution in [3.63, 3.8) is 0 Å². The van der Waals surface area contributed by atoms with Gasteiger partial charge >= 0.3 is 0 Å². The highest BCUT2D eigenvalue weighted by molar-refractivity contribution is 5.95. The Labute approximate surface area is 275 Å². The summed E-state index contributed by atoms with van der Waals surface area (Å²) < 4.78 is 5.34. The van der Waals surface area contributed by atoms with E-state index in [4.69, 9.17) is 4.74 Å². The largest absolute Gasteiger partial charge is 0.497 e. The molecule has 2 N–H and O–H groups in total. The summed E-state index contributed by atoms with van der Waals surface area (Å²) in [6.45, 7) is 4.75. The lowest BCUT2D eigenvalue weighted by molar-refractivity contribution is -0.147. The molecule has 7 rings (SSSR count). The third kappa shape index (κ3) is 5.99. The maximum Gasteiger partial charge on any atom is 0.244 e. The highest BCUT2D eigenvalue weighted by atomic mass is 16.5. The van der Waals surface area contributed by atoms with Crippen LogP contribution in [0.5, 0.6) is 5.75 Å². The zero-order valence-electron chi connectivity index (χ0n) is 27.2. The molecule has 0 bridgehead atoms. The van der Waals surface area contributed by atoms with Gasteiger partial charge in [-0.1, -0.05) is 42.5 Å². The molecule has 3 amide bonds. The number of nitrogens with one attached hydrogen (secondary N) is 2. The number of amides is 3. The van der Waals surface area contributed by atoms with Crippen LogP contribution in [-0.4, -0.2) is 103 Å². The molecular formula is C37H42N6O4. The highest BCUT2D eigenvalue weighted by Gasteiger charge is 2.57. The molecule has 2 atom stereocenters. The van der Waals surface area contributed by atoms with Crippen molar-refractivity contribution in [1.29, 1.82) is 0 Å². The molecule has 0 saturated carbocycles. The van der Waals surface area contributed by atoms with Crippen molar-refractivity contribution in [2.45, 2.75) is 19.0 Å². The number of fused-ring (bicyclic) bond motifs is 1. The van der Waals surface area contributed by atoms with Gasteiger partial charge in [-0.05, 0) is 48.0 Å². The summed E-state index contributed by atoms with van der Waals surface area (Å²) in [4.78, 5) is 51.7. The van der Waals surface area contributed by atoms with Gasteiger partial charge in [0, 0.05) is 87.1 Å². The molecule has 244 valence electrons. The van der Waals surface area contributed by atoms with Gasteiger partial charge in [-0.3, -0.25) is 24.2 Å². The van der Waals surface area contributed by atoms with Crippen molar-refractivity contribution in [2.24, 2.45) is 11.3 Å². The Morgan fingerprint density at radius 1 is 0.979 bits per heavy atom. The lowest BCUT2D eigenvalue weighted by Gasteiger charge is -2.50. The third-order valence-electron chi connectivity index (χ3n) is 10.3. The second-order valence-corrected chi connectivity index (χ2v) is 13.5. The van der Waals surface area contributed by atoms with Crippen molar-refractivity contribution >= 4 is 34.3 Å². The fourth-order valence-electron chi connectivity index (χ4n) is 7.64. The molecule has 10 nitrogen and oxygen atoms in total. The van der Waals surface area contributed by atoms with Crippen LogP contribution in [-0.2, 0) is 27.3 Å². The molecule has 3 fully saturated rings. The molecule has 47 heavy (non-hydrogen) atoms. The number of likely N-dealkylation sites (tertiary alicyclic amines) is 2. The number of methoxy groups -OCH3 is 1. The van der Waals surface area contributed by atoms with Gasteiger partial charge in [-0.25, -0.2) is 0 Å². The van der Waals surface area contributed by atoms with Gasteiger partial charge in [-0.15, -0.1) is 0 Å². The summed E-state index contributed by atoms with van der Waals surface area (Å²) in [6, 6.07) is 23.5. The van der Waals surface area contributed by atoms with Gasteiger partial charge in [0.05, 0.1) is 19.4 Å². The van der Waals surface area contributed by atoms with Crippen LogP contribution in [0.25, 0.3) is 10.9 Å². The standard InChI is InChI=1S/C37H42N6O4/c1-40-15-16-41(2)36(46)34(40)26-9-11-28(12-10-26)39-35(45)31-21-42(20-25-7-5-4-6-8-25)22-37(31)23-43(24-37)33(44)17-27-19-38-32-18-29(47-3)13-14-30(27)32/h4-14,18-19,31,34,38H,15-17,20-24H2,1-3H3,(H,39,45). The van der Waals surface area contributed by atoms with Crippen LogP contribution in [0, 0.1) is 11.3 Å². The van der Waals surface area contributed by atoms with E-state index in [1.54, 1.807) is 12.0 Å². The molecule has 10 heteroatoms. The predicted molar refractivity (Wildman–Crippen MR) is 181 cm³/mol. The van der Waals surface area contributed by atoms with E-state index in [2.05, 4.69) is 32.2 Å². The first-order chi connectivity index (χ1) is 22.7. The number of carbonyl (C=O) groups is 3. The van der Waals surface area contributed by atoms with Crippen LogP contribution in [0.15, 0.2) is 79.0 Å². The molecule has 3 saturated heterocycles. The molecule has 0 radical (unpaired) electrons. The van der Waals surface area contributed by atoms with E-state index in [1.165, 1.54) is 5.56 Å². The number of H-pyrrole nitrogens is 1. The van der Waals surface area contributed by atoms with E-state index in [0.717, 1.165) is 47.4 Å². The van der Waals surface area contributed by atoms with Gasteiger partial charge < -0.3 is 24.8 Å². The van der Waals surface area contributed by atoms with Crippen molar-refractivity contribution in [3.05, 3.63) is 95.7 Å². The number of aromatic amines is 1. The molecular weight excluding hydrogens is 592 g/mol. The van der Waals surface area contributed by atoms with E-state index in [0.29, 0.717) is 38.3 Å². The van der Waals surface area contributed by atoms with E-state index in [1.807, 2.05) is 85.9 Å². The van der Waals surface area contributed by atoms with E-state index < -0.39 is 0 Å². The van der Waals surface area contributed by atoms with E-state index >= 15 is 0 Å². The van der Waals surface area contributed by atoms with E-state index in [-0.39, 0.29) is 35.1 Å². The average molecular weight is 635 g/mol. The maximum atomic E-state index is 14.0. The summed E-state index contributed by atoms with van der Waals surface area (Å²) >= 11 is 0. The Hall–Kier alpha value is -4.67. The Morgan fingerprint density at radius 3 is 2.49 bits per heavy atom. The van der Waals surface area contributed by atoms with Gasteiger partial charge in [0.2, 0.25) is 17.7 Å². The number of nitrogens with zero attached hydrogens (tertiary/aromatic N) is 4. The number of benzene rings is 3. The number of likely N-dealkylation sites (N-methyl/N-ethyl adjacent to an activating group) is 2. The number of aromatic nitrogens is 1. The Bertz CT molecular complexity index is 1780. The first-order valence-electron chi connectivity index (χ1n) is 16.3. The molecule has 1 aromatic heterocycles. The van der Waals surface area contributed by atoms with E-state index in [9.17, 15) is 14.4 Å². The summed E-state index contributed by atoms with van der Waals surface area (Å²) in [7, 11) is 5.45. The lowest BCUT2D eigenvalue weighted by atomic mass is 9.71. The smallest absolute Gasteiger partial charge is 0.244 e. The van der Waals surface area contributed by atoms with Crippen molar-refractivity contribution in [3.8, 4) is 5.75 Å². The van der Waals surface area contributed by atoms with Crippen LogP contribution in [0.4, 0.5) is 5.69 Å². The molecule has 0 aliphatic carbocycles. The summed E-state index contributed by atoms with van der Waals surface area (Å²) in [6.07, 6.45) is 2.20. The zero-order valence-corrected chi connectivity index (χ0v) is 27.2. The van der Waals surface area contributed by atoms with Crippen LogP contribution >= 0.6 is 0 Å². The number of anilines is 1. The minimum Gasteiger partial charge on any atom is -0.497 e. The number of piperazine rings is 1. The van der Waals surface area contributed by atoms with Crippen molar-refractivity contribution in [2.75, 3.05) is 65.8 Å². The zero-order chi connectivity index (χ0) is 32.7. The number of hydrogen-bond donors (Lipinski definition) is 2. The fraction of sp³-hybridized carbons (Fsp3) is 0.378. The molecule has 2 unspecified atom stereocenters. The quantitative estimate of drug-likeness (QED) is 0.306. The van der Waals surface area contributed by atoms with Crippen molar-refractivity contribution < 1.29 is 19.1 Å². The molecule has 1 spiro atoms. The van der Waals surface area contributed by atoms with Crippen molar-refractivity contribution in [1.82, 2.24) is 24.6 Å². The number of rotatable bonds is 8. The van der Waals surface area contributed by atoms with Gasteiger partial charge in [-0.2, -0.15) is 0 Å². The average Bonchev–Trinajstić information content (AvgIpc) is 3.64. The summed E-state index contributed by atoms with van der Waals surface area (Å²) in [5, 5.41) is 4.18. The van der Waals surface area contributed by atoms with Crippen LogP contribution in [0.3, 0.4) is 0 Å². The maximum absolute atomic E-state index is 14.0. The summed E-state index contributed by atoms with van der Waals surface area (Å²) in [5.74, 6) is 0.613. The molecule has 4 aromatic rings. The Balaban J connectivity index is 1.05. The highest BCUT2D eigenvalue weighted by Crippen LogP contribution is 2.45. The first-order valence-corrected chi connectivity index (χ1v) is 16.3. The van der Waals surface area contributed by atoms with Crippen LogP contribution in [0.2, 0.25) is 0 Å². The Morgan fingerprint density at radius 2 is 1.74 bits per heavy atom. The Kier molecular flexibility index (Phi) is 8.23. The monoisotopic (exact) mass is 634 g/mol. The number of ether oxygens (including phenoxy) is 1. The molecule has 3 aromatic carbocycles. The van der Waals surface area contributed by atoms with Gasteiger partial charge in [0.1, 0.15) is 11.8 Å². The second kappa shape index (κ2) is 12.5. The van der Waals surface area contributed by atoms with Crippen LogP contribution < -0.4 is 10.1 Å². The summed E-state index contributed by atoms with van der Waals surface area (Å²) in [5.41, 5.74) is 4.40. The minimum absolute atomic E-state index is 0.0309. The number of carbonyl (C=O) groups excluding carboxylic acids is 3. The lowest BCUT2D eigenvalue weighted by Crippen LogP contribution is -2.63. The molecule has 3 aliphatic heterocycles. The second-order valence-electron chi connectivity index (χ2n) is 13.5. The molecule has 3 aliphatic rings. The molecule has 4 heterocycles. The normalized spacial score (nSPS) is 21.3. The third-order valence-corrected chi connectivity index (χ3v) is 10.3. The predicted octanol–water partition coefficient (Wildman–Crippen LogP) is 3.76. The first kappa shape index (κ1) is 31.0. The van der Waals surface area contributed by atoms with Gasteiger partial charge in [0.25, 0.3) is 0 Å². The fourth-order valence-corrected chi connectivity index (χ4v) is 7.64. The number of hydrogen-bond acceptors (Lipinski definition) is 6. The van der Waals surface area contributed by atoms with Crippen LogP contribution in [0.1, 0.15) is 22.7 Å². The topological polar surface area (TPSA) is 101 Å².